The van der Waals surface area contributed by atoms with Gasteiger partial charge in [-0.05, 0) is 42.5 Å². The highest BCUT2D eigenvalue weighted by atomic mass is 16.5. The first kappa shape index (κ1) is 18.9. The maximum absolute atomic E-state index is 12.0. The monoisotopic (exact) mass is 374 g/mol. The molecule has 0 atom stereocenters. The summed E-state index contributed by atoms with van der Waals surface area (Å²) in [6, 6.07) is 15.7. The number of fused-ring (bicyclic) bond motifs is 1. The van der Waals surface area contributed by atoms with E-state index < -0.39 is 5.97 Å². The summed E-state index contributed by atoms with van der Waals surface area (Å²) in [5.41, 5.74) is 1.69. The molecule has 3 rings (SSSR count). The summed E-state index contributed by atoms with van der Waals surface area (Å²) in [7, 11) is 1.31. The summed E-state index contributed by atoms with van der Waals surface area (Å²) < 4.78 is 10.2. The molecule has 0 saturated carbocycles. The van der Waals surface area contributed by atoms with E-state index in [2.05, 4.69) is 26.9 Å². The van der Waals surface area contributed by atoms with Crippen molar-refractivity contribution >= 4 is 22.8 Å². The number of benzene rings is 2. The molecule has 0 aliphatic heterocycles. The van der Waals surface area contributed by atoms with Crippen molar-refractivity contribution in [2.24, 2.45) is 0 Å². The molecule has 6 heteroatoms. The Morgan fingerprint density at radius 3 is 2.61 bits per heavy atom. The van der Waals surface area contributed by atoms with Gasteiger partial charge in [0.25, 0.3) is 5.91 Å². The molecule has 1 N–H and O–H groups in total. The van der Waals surface area contributed by atoms with E-state index in [0.717, 1.165) is 10.9 Å². The van der Waals surface area contributed by atoms with Gasteiger partial charge < -0.3 is 14.8 Å². The molecule has 2 aromatic carbocycles. The lowest BCUT2D eigenvalue weighted by molar-refractivity contribution is 0.0600. The van der Waals surface area contributed by atoms with E-state index in [1.807, 2.05) is 30.3 Å². The fourth-order valence-corrected chi connectivity index (χ4v) is 2.47. The predicted molar refractivity (Wildman–Crippen MR) is 105 cm³/mol. The van der Waals surface area contributed by atoms with Crippen LogP contribution in [0.2, 0.25) is 0 Å². The molecule has 0 radical (unpaired) electrons. The van der Waals surface area contributed by atoms with Gasteiger partial charge in [-0.25, -0.2) is 4.79 Å². The summed E-state index contributed by atoms with van der Waals surface area (Å²) in [5.74, 6) is 5.66. The number of carbonyl (C=O) groups excluding carboxylic acids is 2. The number of carbonyl (C=O) groups is 2. The normalized spacial score (nSPS) is 9.89. The Morgan fingerprint density at radius 2 is 1.82 bits per heavy atom. The van der Waals surface area contributed by atoms with Gasteiger partial charge in [-0.2, -0.15) is 0 Å². The van der Waals surface area contributed by atoms with Crippen LogP contribution in [0, 0.1) is 11.8 Å². The number of hydrogen-bond donors (Lipinski definition) is 1. The van der Waals surface area contributed by atoms with Crippen LogP contribution < -0.4 is 10.1 Å². The fourth-order valence-electron chi connectivity index (χ4n) is 2.47. The van der Waals surface area contributed by atoms with E-state index in [4.69, 9.17) is 4.74 Å². The average molecular weight is 374 g/mol. The summed E-state index contributed by atoms with van der Waals surface area (Å²) in [4.78, 5) is 27.7. The number of amides is 1. The zero-order valence-corrected chi connectivity index (χ0v) is 15.3. The minimum Gasteiger partial charge on any atom is -0.481 e. The van der Waals surface area contributed by atoms with Crippen LogP contribution in [0.4, 0.5) is 0 Å². The first-order valence-electron chi connectivity index (χ1n) is 8.57. The number of hydrogen-bond acceptors (Lipinski definition) is 5. The first-order valence-corrected chi connectivity index (χ1v) is 8.57. The van der Waals surface area contributed by atoms with Gasteiger partial charge >= 0.3 is 5.97 Å². The molecule has 1 aromatic heterocycles. The predicted octanol–water partition coefficient (Wildman–Crippen LogP) is 2.83. The second-order valence-corrected chi connectivity index (χ2v) is 5.75. The topological polar surface area (TPSA) is 77.5 Å². The Kier molecular flexibility index (Phi) is 6.21. The molecule has 0 bridgehead atoms. The molecule has 28 heavy (non-hydrogen) atoms. The Morgan fingerprint density at radius 1 is 1.04 bits per heavy atom. The van der Waals surface area contributed by atoms with Crippen LogP contribution in [0.25, 0.3) is 10.9 Å². The maximum Gasteiger partial charge on any atom is 0.337 e. The van der Waals surface area contributed by atoms with Crippen LogP contribution in [0.3, 0.4) is 0 Å². The van der Waals surface area contributed by atoms with Crippen LogP contribution in [-0.4, -0.2) is 37.1 Å². The molecular formula is C22H18N2O4. The van der Waals surface area contributed by atoms with E-state index in [0.29, 0.717) is 16.9 Å². The van der Waals surface area contributed by atoms with Crippen LogP contribution in [-0.2, 0) is 4.74 Å². The van der Waals surface area contributed by atoms with E-state index in [9.17, 15) is 9.59 Å². The third kappa shape index (κ3) is 4.86. The minimum absolute atomic E-state index is 0.195. The number of pyridine rings is 1. The van der Waals surface area contributed by atoms with Gasteiger partial charge in [-0.1, -0.05) is 17.9 Å². The van der Waals surface area contributed by atoms with Gasteiger partial charge in [0.2, 0.25) is 0 Å². The van der Waals surface area contributed by atoms with E-state index in [1.165, 1.54) is 7.11 Å². The lowest BCUT2D eigenvalue weighted by Gasteiger charge is -2.04. The maximum atomic E-state index is 12.0. The molecule has 0 aliphatic carbocycles. The molecule has 140 valence electrons. The average Bonchev–Trinajstić information content (AvgIpc) is 2.75. The molecule has 6 nitrogen and oxygen atoms in total. The summed E-state index contributed by atoms with van der Waals surface area (Å²) in [6.07, 6.45) is 1.73. The molecule has 0 aliphatic rings. The third-order valence-electron chi connectivity index (χ3n) is 3.92. The highest BCUT2D eigenvalue weighted by Crippen LogP contribution is 2.18. The van der Waals surface area contributed by atoms with Crippen LogP contribution >= 0.6 is 0 Å². The number of rotatable bonds is 5. The van der Waals surface area contributed by atoms with Crippen molar-refractivity contribution in [3.63, 3.8) is 0 Å². The van der Waals surface area contributed by atoms with Crippen molar-refractivity contribution in [2.75, 3.05) is 20.3 Å². The van der Waals surface area contributed by atoms with E-state index >= 15 is 0 Å². The van der Waals surface area contributed by atoms with Crippen molar-refractivity contribution < 1.29 is 19.1 Å². The van der Waals surface area contributed by atoms with Gasteiger partial charge in [-0.3, -0.25) is 9.78 Å². The highest BCUT2D eigenvalue weighted by molar-refractivity contribution is 5.96. The number of nitrogens with zero attached hydrogens (tertiary/aromatic N) is 1. The molecule has 1 heterocycles. The summed E-state index contributed by atoms with van der Waals surface area (Å²) in [6.45, 7) is 0.405. The molecule has 3 aromatic rings. The number of ether oxygens (including phenoxy) is 2. The molecule has 0 fully saturated rings. The standard InChI is InChI=1S/C22H18N2O4/c1-27-22(26)18-8-6-17(7-9-18)21(25)24-12-2-3-14-28-19-11-10-16-5-4-13-23-20(16)15-19/h4-11,13,15H,12,14H2,1H3,(H,24,25). The quantitative estimate of drug-likeness (QED) is 0.549. The van der Waals surface area contributed by atoms with Crippen molar-refractivity contribution in [3.05, 3.63) is 71.9 Å². The second-order valence-electron chi connectivity index (χ2n) is 5.75. The first-order chi connectivity index (χ1) is 13.7. The van der Waals surface area contributed by atoms with Crippen LogP contribution in [0.1, 0.15) is 20.7 Å². The molecular weight excluding hydrogens is 356 g/mol. The van der Waals surface area contributed by atoms with Crippen LogP contribution in [0.5, 0.6) is 5.75 Å². The molecule has 1 amide bonds. The van der Waals surface area contributed by atoms with Crippen molar-refractivity contribution in [1.29, 1.82) is 0 Å². The minimum atomic E-state index is -0.444. The summed E-state index contributed by atoms with van der Waals surface area (Å²) in [5, 5.41) is 3.73. The Balaban J connectivity index is 1.45. The van der Waals surface area contributed by atoms with Gasteiger partial charge in [-0.15, -0.1) is 0 Å². The molecule has 0 saturated heterocycles. The van der Waals surface area contributed by atoms with Crippen LogP contribution in [0.15, 0.2) is 60.8 Å². The van der Waals surface area contributed by atoms with Crippen molar-refractivity contribution in [1.82, 2.24) is 10.3 Å². The van der Waals surface area contributed by atoms with E-state index in [1.54, 1.807) is 30.5 Å². The molecule has 0 unspecified atom stereocenters. The SMILES string of the molecule is COC(=O)c1ccc(C(=O)NCC#CCOc2ccc3cccnc3c2)cc1. The third-order valence-corrected chi connectivity index (χ3v) is 3.92. The highest BCUT2D eigenvalue weighted by Gasteiger charge is 2.08. The summed E-state index contributed by atoms with van der Waals surface area (Å²) >= 11 is 0. The Labute approximate surface area is 162 Å². The second kappa shape index (κ2) is 9.19. The number of esters is 1. The smallest absolute Gasteiger partial charge is 0.337 e. The lowest BCUT2D eigenvalue weighted by Crippen LogP contribution is -2.23. The Hall–Kier alpha value is -3.85. The van der Waals surface area contributed by atoms with Gasteiger partial charge in [0.1, 0.15) is 12.4 Å². The van der Waals surface area contributed by atoms with Gasteiger partial charge in [0.05, 0.1) is 24.7 Å². The molecule has 0 spiro atoms. The zero-order chi connectivity index (χ0) is 19.8. The number of nitrogens with one attached hydrogen (secondary N) is 1. The van der Waals surface area contributed by atoms with Gasteiger partial charge in [0.15, 0.2) is 0 Å². The van der Waals surface area contributed by atoms with Crippen molar-refractivity contribution in [3.8, 4) is 17.6 Å². The van der Waals surface area contributed by atoms with Crippen molar-refractivity contribution in [2.45, 2.75) is 0 Å². The van der Waals surface area contributed by atoms with E-state index in [-0.39, 0.29) is 19.1 Å². The fraction of sp³-hybridized carbons (Fsp3) is 0.136. The number of aromatic nitrogens is 1. The largest absolute Gasteiger partial charge is 0.481 e. The lowest BCUT2D eigenvalue weighted by atomic mass is 10.1. The number of methoxy groups -OCH3 is 1. The van der Waals surface area contributed by atoms with Gasteiger partial charge in [0, 0.05) is 23.2 Å². The Bertz CT molecular complexity index is 1050. The zero-order valence-electron chi connectivity index (χ0n) is 15.3.